The first-order valence-corrected chi connectivity index (χ1v) is 7.95. The van der Waals surface area contributed by atoms with Crippen LogP contribution in [0.1, 0.15) is 31.7 Å². The van der Waals surface area contributed by atoms with Gasteiger partial charge in [-0.1, -0.05) is 25.1 Å². The molecule has 1 saturated carbocycles. The summed E-state index contributed by atoms with van der Waals surface area (Å²) < 4.78 is 5.64. The number of aromatic nitrogens is 1. The van der Waals surface area contributed by atoms with Gasteiger partial charge in [0.1, 0.15) is 5.75 Å². The Balaban J connectivity index is 1.76. The second kappa shape index (κ2) is 6.79. The molecule has 0 unspecified atom stereocenters. The van der Waals surface area contributed by atoms with Crippen LogP contribution in [0.3, 0.4) is 0 Å². The van der Waals surface area contributed by atoms with Crippen LogP contribution in [0.4, 0.5) is 0 Å². The molecule has 0 saturated heterocycles. The third-order valence-electron chi connectivity index (χ3n) is 3.77. The monoisotopic (exact) mass is 298 g/mol. The fourth-order valence-corrected chi connectivity index (χ4v) is 2.33. The minimum Gasteiger partial charge on any atom is -0.494 e. The van der Waals surface area contributed by atoms with E-state index in [2.05, 4.69) is 17.2 Å². The number of aromatic amines is 1. The lowest BCUT2D eigenvalue weighted by molar-refractivity contribution is 0.317. The highest BCUT2D eigenvalue weighted by molar-refractivity contribution is 5.61. The highest BCUT2D eigenvalue weighted by atomic mass is 16.5. The Morgan fingerprint density at radius 3 is 2.86 bits per heavy atom. The lowest BCUT2D eigenvalue weighted by Gasteiger charge is -2.08. The summed E-state index contributed by atoms with van der Waals surface area (Å²) in [6.07, 6.45) is 3.42. The van der Waals surface area contributed by atoms with E-state index in [9.17, 15) is 4.79 Å². The average Bonchev–Trinajstić information content (AvgIpc) is 3.36. The number of rotatable bonds is 7. The van der Waals surface area contributed by atoms with Gasteiger partial charge < -0.3 is 15.0 Å². The quantitative estimate of drug-likeness (QED) is 0.826. The number of H-pyrrole nitrogens is 1. The summed E-state index contributed by atoms with van der Waals surface area (Å²) in [6.45, 7) is 3.42. The molecule has 0 spiro atoms. The smallest absolute Gasteiger partial charge is 0.252 e. The normalized spacial score (nSPS) is 14.0. The van der Waals surface area contributed by atoms with Crippen molar-refractivity contribution in [3.8, 4) is 17.0 Å². The van der Waals surface area contributed by atoms with E-state index < -0.39 is 0 Å². The van der Waals surface area contributed by atoms with Gasteiger partial charge in [0.2, 0.25) is 0 Å². The SMILES string of the molecule is CCCOc1cccc(-c2ccc(CNC3CC3)c(=O)[nH]2)c1. The molecule has 1 aromatic heterocycles. The summed E-state index contributed by atoms with van der Waals surface area (Å²) in [7, 11) is 0. The predicted molar refractivity (Wildman–Crippen MR) is 88.1 cm³/mol. The first kappa shape index (κ1) is 14.9. The van der Waals surface area contributed by atoms with E-state index >= 15 is 0 Å². The van der Waals surface area contributed by atoms with Crippen molar-refractivity contribution < 1.29 is 4.74 Å². The number of benzene rings is 1. The zero-order chi connectivity index (χ0) is 15.4. The molecule has 1 heterocycles. The van der Waals surface area contributed by atoms with Gasteiger partial charge in [0.05, 0.1) is 6.61 Å². The van der Waals surface area contributed by atoms with Crippen molar-refractivity contribution in [2.75, 3.05) is 6.61 Å². The van der Waals surface area contributed by atoms with Crippen molar-refractivity contribution in [3.63, 3.8) is 0 Å². The Morgan fingerprint density at radius 2 is 2.14 bits per heavy atom. The van der Waals surface area contributed by atoms with Crippen molar-refractivity contribution in [2.24, 2.45) is 0 Å². The molecule has 4 nitrogen and oxygen atoms in total. The molecular formula is C18H22N2O2. The highest BCUT2D eigenvalue weighted by Gasteiger charge is 2.20. The molecule has 1 fully saturated rings. The second-order valence-electron chi connectivity index (χ2n) is 5.76. The van der Waals surface area contributed by atoms with Crippen LogP contribution in [0, 0.1) is 0 Å². The fourth-order valence-electron chi connectivity index (χ4n) is 2.33. The van der Waals surface area contributed by atoms with E-state index in [1.165, 1.54) is 12.8 Å². The molecule has 0 amide bonds. The van der Waals surface area contributed by atoms with E-state index in [0.717, 1.165) is 29.0 Å². The van der Waals surface area contributed by atoms with Crippen LogP contribution in [0.5, 0.6) is 5.75 Å². The minimum absolute atomic E-state index is 0.0227. The fraction of sp³-hybridized carbons (Fsp3) is 0.389. The van der Waals surface area contributed by atoms with Gasteiger partial charge in [0.25, 0.3) is 5.56 Å². The molecule has 0 radical (unpaired) electrons. The number of pyridine rings is 1. The van der Waals surface area contributed by atoms with Crippen molar-refractivity contribution in [1.82, 2.24) is 10.3 Å². The van der Waals surface area contributed by atoms with Crippen molar-refractivity contribution in [3.05, 3.63) is 52.3 Å². The second-order valence-corrected chi connectivity index (χ2v) is 5.76. The lowest BCUT2D eigenvalue weighted by Crippen LogP contribution is -2.22. The summed E-state index contributed by atoms with van der Waals surface area (Å²) >= 11 is 0. The molecule has 2 N–H and O–H groups in total. The molecule has 1 aliphatic carbocycles. The molecule has 0 aliphatic heterocycles. The predicted octanol–water partition coefficient (Wildman–Crippen LogP) is 3.08. The number of hydrogen-bond donors (Lipinski definition) is 2. The average molecular weight is 298 g/mol. The molecule has 1 aliphatic rings. The van der Waals surface area contributed by atoms with Gasteiger partial charge in [-0.05, 0) is 37.5 Å². The number of nitrogens with one attached hydrogen (secondary N) is 2. The lowest BCUT2D eigenvalue weighted by atomic mass is 10.1. The molecule has 0 bridgehead atoms. The number of ether oxygens (including phenoxy) is 1. The first-order valence-electron chi connectivity index (χ1n) is 7.95. The Kier molecular flexibility index (Phi) is 4.59. The molecule has 2 aromatic rings. The minimum atomic E-state index is -0.0227. The van der Waals surface area contributed by atoms with E-state index in [-0.39, 0.29) is 5.56 Å². The van der Waals surface area contributed by atoms with Crippen LogP contribution >= 0.6 is 0 Å². The molecular weight excluding hydrogens is 276 g/mol. The maximum atomic E-state index is 12.2. The molecule has 1 aromatic carbocycles. The molecule has 4 heteroatoms. The highest BCUT2D eigenvalue weighted by Crippen LogP contribution is 2.22. The third kappa shape index (κ3) is 3.77. The van der Waals surface area contributed by atoms with Gasteiger partial charge in [-0.3, -0.25) is 4.79 Å². The standard InChI is InChI=1S/C18H22N2O2/c1-2-10-22-16-5-3-4-13(11-16)17-9-6-14(18(21)20-17)12-19-15-7-8-15/h3-6,9,11,15,19H,2,7-8,10,12H2,1H3,(H,20,21). The van der Waals surface area contributed by atoms with Crippen LogP contribution in [-0.2, 0) is 6.54 Å². The van der Waals surface area contributed by atoms with Crippen LogP contribution in [0.2, 0.25) is 0 Å². The van der Waals surface area contributed by atoms with Gasteiger partial charge in [0, 0.05) is 29.4 Å². The van der Waals surface area contributed by atoms with Crippen molar-refractivity contribution in [1.29, 1.82) is 0 Å². The van der Waals surface area contributed by atoms with Crippen LogP contribution in [0.15, 0.2) is 41.2 Å². The van der Waals surface area contributed by atoms with E-state index in [1.807, 2.05) is 36.4 Å². The van der Waals surface area contributed by atoms with Gasteiger partial charge >= 0.3 is 0 Å². The summed E-state index contributed by atoms with van der Waals surface area (Å²) in [5.74, 6) is 0.833. The zero-order valence-corrected chi connectivity index (χ0v) is 12.9. The van der Waals surface area contributed by atoms with Gasteiger partial charge in [-0.25, -0.2) is 0 Å². The molecule has 22 heavy (non-hydrogen) atoms. The van der Waals surface area contributed by atoms with E-state index in [4.69, 9.17) is 4.74 Å². The summed E-state index contributed by atoms with van der Waals surface area (Å²) in [5, 5.41) is 3.37. The zero-order valence-electron chi connectivity index (χ0n) is 12.9. The summed E-state index contributed by atoms with van der Waals surface area (Å²) in [4.78, 5) is 15.1. The van der Waals surface area contributed by atoms with Gasteiger partial charge in [-0.2, -0.15) is 0 Å². The molecule has 0 atom stereocenters. The van der Waals surface area contributed by atoms with Crippen LogP contribution in [-0.4, -0.2) is 17.6 Å². The van der Waals surface area contributed by atoms with E-state index in [0.29, 0.717) is 19.2 Å². The Bertz CT molecular complexity index is 689. The molecule has 116 valence electrons. The Hall–Kier alpha value is -2.07. The van der Waals surface area contributed by atoms with E-state index in [1.54, 1.807) is 0 Å². The topological polar surface area (TPSA) is 54.1 Å². The van der Waals surface area contributed by atoms with Crippen LogP contribution < -0.4 is 15.6 Å². The summed E-state index contributed by atoms with van der Waals surface area (Å²) in [5.41, 5.74) is 2.55. The maximum Gasteiger partial charge on any atom is 0.252 e. The third-order valence-corrected chi connectivity index (χ3v) is 3.77. The van der Waals surface area contributed by atoms with Crippen molar-refractivity contribution >= 4 is 0 Å². The van der Waals surface area contributed by atoms with Gasteiger partial charge in [-0.15, -0.1) is 0 Å². The maximum absolute atomic E-state index is 12.2. The van der Waals surface area contributed by atoms with Crippen molar-refractivity contribution in [2.45, 2.75) is 38.8 Å². The first-order chi connectivity index (χ1) is 10.8. The van der Waals surface area contributed by atoms with Crippen LogP contribution in [0.25, 0.3) is 11.3 Å². The van der Waals surface area contributed by atoms with Gasteiger partial charge in [0.15, 0.2) is 0 Å². The molecule has 3 rings (SSSR count). The number of hydrogen-bond acceptors (Lipinski definition) is 3. The Labute approximate surface area is 130 Å². The largest absolute Gasteiger partial charge is 0.494 e. The Morgan fingerprint density at radius 1 is 1.27 bits per heavy atom. The summed E-state index contributed by atoms with van der Waals surface area (Å²) in [6, 6.07) is 12.3.